The second kappa shape index (κ2) is 6.08. The number of furan rings is 1. The first-order valence-electron chi connectivity index (χ1n) is 9.22. The summed E-state index contributed by atoms with van der Waals surface area (Å²) in [7, 11) is 0. The van der Waals surface area contributed by atoms with Crippen molar-refractivity contribution >= 4 is 5.91 Å². The normalized spacial score (nSPS) is 21.1. The SMILES string of the molecule is O=C(Cc1ccco1)N1CC[C@@]2(Cc3ncc(-c4ccc(F)cc4)n3C2)C1. The van der Waals surface area contributed by atoms with Gasteiger partial charge in [0.15, 0.2) is 0 Å². The van der Waals surface area contributed by atoms with E-state index in [-0.39, 0.29) is 17.1 Å². The maximum Gasteiger partial charge on any atom is 0.230 e. The van der Waals surface area contributed by atoms with Gasteiger partial charge >= 0.3 is 0 Å². The van der Waals surface area contributed by atoms with Crippen LogP contribution in [0.4, 0.5) is 4.39 Å². The van der Waals surface area contributed by atoms with E-state index in [4.69, 9.17) is 4.42 Å². The predicted octanol–water partition coefficient (Wildman–Crippen LogP) is 3.30. The molecule has 0 bridgehead atoms. The average Bonchev–Trinajstić information content (AvgIpc) is 3.42. The van der Waals surface area contributed by atoms with Crippen LogP contribution >= 0.6 is 0 Å². The standard InChI is InChI=1S/C21H20FN3O2/c22-16-5-3-15(4-6-16)18-12-23-19-11-21(14-25(18)19)7-8-24(13-21)20(26)10-17-2-1-9-27-17/h1-6,9,12H,7-8,10-11,13-14H2/t21-/m1/s1. The van der Waals surface area contributed by atoms with Crippen LogP contribution in [0.5, 0.6) is 0 Å². The number of halogens is 1. The highest BCUT2D eigenvalue weighted by Crippen LogP contribution is 2.42. The molecule has 5 rings (SSSR count). The third kappa shape index (κ3) is 2.85. The largest absolute Gasteiger partial charge is 0.469 e. The number of fused-ring (bicyclic) bond motifs is 1. The van der Waals surface area contributed by atoms with Gasteiger partial charge in [0.1, 0.15) is 17.4 Å². The number of benzene rings is 1. The Balaban J connectivity index is 1.32. The van der Waals surface area contributed by atoms with E-state index in [1.54, 1.807) is 24.5 Å². The fourth-order valence-electron chi connectivity index (χ4n) is 4.40. The fraction of sp³-hybridized carbons (Fsp3) is 0.333. The molecule has 1 aromatic carbocycles. The molecule has 1 saturated heterocycles. The average molecular weight is 365 g/mol. The van der Waals surface area contributed by atoms with Crippen molar-refractivity contribution < 1.29 is 13.6 Å². The van der Waals surface area contributed by atoms with Crippen molar-refractivity contribution in [3.8, 4) is 11.3 Å². The Bertz CT molecular complexity index is 978. The lowest BCUT2D eigenvalue weighted by Crippen LogP contribution is -2.34. The van der Waals surface area contributed by atoms with Crippen LogP contribution in [-0.4, -0.2) is 33.4 Å². The number of nitrogens with zero attached hydrogens (tertiary/aromatic N) is 3. The number of carbonyl (C=O) groups is 1. The molecule has 2 aromatic heterocycles. The van der Waals surface area contributed by atoms with E-state index in [0.717, 1.165) is 49.6 Å². The topological polar surface area (TPSA) is 51.3 Å². The maximum atomic E-state index is 13.2. The number of hydrogen-bond donors (Lipinski definition) is 0. The zero-order chi connectivity index (χ0) is 18.4. The molecule has 0 unspecified atom stereocenters. The Kier molecular flexibility index (Phi) is 3.67. The molecule has 27 heavy (non-hydrogen) atoms. The van der Waals surface area contributed by atoms with Crippen molar-refractivity contribution in [2.75, 3.05) is 13.1 Å². The molecule has 2 aliphatic rings. The second-order valence-corrected chi connectivity index (χ2v) is 7.65. The molecular weight excluding hydrogens is 345 g/mol. The lowest BCUT2D eigenvalue weighted by atomic mass is 9.86. The maximum absolute atomic E-state index is 13.2. The number of amides is 1. The van der Waals surface area contributed by atoms with Gasteiger partial charge in [0.05, 0.1) is 24.6 Å². The summed E-state index contributed by atoms with van der Waals surface area (Å²) in [5.41, 5.74) is 2.04. The van der Waals surface area contributed by atoms with Gasteiger partial charge in [0, 0.05) is 31.5 Å². The van der Waals surface area contributed by atoms with E-state index in [1.807, 2.05) is 17.2 Å². The summed E-state index contributed by atoms with van der Waals surface area (Å²) in [6.45, 7) is 2.37. The third-order valence-corrected chi connectivity index (χ3v) is 5.80. The van der Waals surface area contributed by atoms with Crippen molar-refractivity contribution in [2.45, 2.75) is 25.8 Å². The van der Waals surface area contributed by atoms with Gasteiger partial charge in [-0.05, 0) is 48.4 Å². The summed E-state index contributed by atoms with van der Waals surface area (Å²) in [5, 5.41) is 0. The van der Waals surface area contributed by atoms with Crippen LogP contribution in [0.25, 0.3) is 11.3 Å². The Hall–Kier alpha value is -2.89. The van der Waals surface area contributed by atoms with Gasteiger partial charge in [-0.3, -0.25) is 4.79 Å². The molecule has 1 fully saturated rings. The zero-order valence-corrected chi connectivity index (χ0v) is 14.9. The Morgan fingerprint density at radius 1 is 1.22 bits per heavy atom. The van der Waals surface area contributed by atoms with Gasteiger partial charge < -0.3 is 13.9 Å². The van der Waals surface area contributed by atoms with E-state index in [0.29, 0.717) is 12.2 Å². The van der Waals surface area contributed by atoms with Crippen LogP contribution in [-0.2, 0) is 24.2 Å². The number of aromatic nitrogens is 2. The minimum absolute atomic E-state index is 0.0528. The van der Waals surface area contributed by atoms with Crippen LogP contribution in [0, 0.1) is 11.2 Å². The van der Waals surface area contributed by atoms with Gasteiger partial charge in [0.25, 0.3) is 0 Å². The molecule has 0 radical (unpaired) electrons. The fourth-order valence-corrected chi connectivity index (χ4v) is 4.40. The third-order valence-electron chi connectivity index (χ3n) is 5.80. The summed E-state index contributed by atoms with van der Waals surface area (Å²) in [4.78, 5) is 19.1. The van der Waals surface area contributed by atoms with Crippen molar-refractivity contribution in [3.05, 3.63) is 66.3 Å². The van der Waals surface area contributed by atoms with Crippen molar-refractivity contribution in [1.29, 1.82) is 0 Å². The molecule has 0 saturated carbocycles. The number of imidazole rings is 1. The lowest BCUT2D eigenvalue weighted by Gasteiger charge is -2.23. The Labute approximate surface area is 156 Å². The van der Waals surface area contributed by atoms with Gasteiger partial charge in [-0.2, -0.15) is 0 Å². The van der Waals surface area contributed by atoms with Gasteiger partial charge in [-0.15, -0.1) is 0 Å². The minimum atomic E-state index is -0.238. The lowest BCUT2D eigenvalue weighted by molar-refractivity contribution is -0.130. The highest BCUT2D eigenvalue weighted by Gasteiger charge is 2.45. The van der Waals surface area contributed by atoms with Crippen molar-refractivity contribution in [1.82, 2.24) is 14.5 Å². The molecule has 1 amide bonds. The van der Waals surface area contributed by atoms with Crippen LogP contribution in [0.1, 0.15) is 18.0 Å². The first-order valence-corrected chi connectivity index (χ1v) is 9.22. The Morgan fingerprint density at radius 3 is 2.85 bits per heavy atom. The van der Waals surface area contributed by atoms with Crippen molar-refractivity contribution in [2.24, 2.45) is 5.41 Å². The second-order valence-electron chi connectivity index (χ2n) is 7.65. The molecule has 138 valence electrons. The molecule has 1 atom stereocenters. The van der Waals surface area contributed by atoms with E-state index in [9.17, 15) is 9.18 Å². The molecule has 6 heteroatoms. The Morgan fingerprint density at radius 2 is 2.07 bits per heavy atom. The molecule has 2 aliphatic heterocycles. The number of hydrogen-bond acceptors (Lipinski definition) is 3. The van der Waals surface area contributed by atoms with Gasteiger partial charge in [-0.1, -0.05) is 0 Å². The van der Waals surface area contributed by atoms with Crippen LogP contribution < -0.4 is 0 Å². The van der Waals surface area contributed by atoms with E-state index < -0.39 is 0 Å². The smallest absolute Gasteiger partial charge is 0.230 e. The van der Waals surface area contributed by atoms with E-state index in [2.05, 4.69) is 9.55 Å². The summed E-state index contributed by atoms with van der Waals surface area (Å²) in [6.07, 6.45) is 5.63. The number of carbonyl (C=O) groups excluding carboxylic acids is 1. The molecular formula is C21H20FN3O2. The van der Waals surface area contributed by atoms with Crippen molar-refractivity contribution in [3.63, 3.8) is 0 Å². The quantitative estimate of drug-likeness (QED) is 0.716. The van der Waals surface area contributed by atoms with Crippen LogP contribution in [0.15, 0.2) is 53.3 Å². The first-order chi connectivity index (χ1) is 13.1. The molecule has 0 aliphatic carbocycles. The minimum Gasteiger partial charge on any atom is -0.469 e. The summed E-state index contributed by atoms with van der Waals surface area (Å²) in [6, 6.07) is 10.2. The predicted molar refractivity (Wildman–Crippen MR) is 97.4 cm³/mol. The van der Waals surface area contributed by atoms with Gasteiger partial charge in [-0.25, -0.2) is 9.37 Å². The molecule has 0 N–H and O–H groups in total. The zero-order valence-electron chi connectivity index (χ0n) is 14.9. The summed E-state index contributed by atoms with van der Waals surface area (Å²) >= 11 is 0. The summed E-state index contributed by atoms with van der Waals surface area (Å²) in [5.74, 6) is 1.64. The molecule has 4 heterocycles. The highest BCUT2D eigenvalue weighted by molar-refractivity contribution is 5.78. The van der Waals surface area contributed by atoms with Gasteiger partial charge in [0.2, 0.25) is 5.91 Å². The first kappa shape index (κ1) is 16.3. The number of likely N-dealkylation sites (tertiary alicyclic amines) is 1. The number of rotatable bonds is 3. The monoisotopic (exact) mass is 365 g/mol. The van der Waals surface area contributed by atoms with Crippen LogP contribution in [0.2, 0.25) is 0 Å². The molecule has 1 spiro atoms. The van der Waals surface area contributed by atoms with E-state index in [1.165, 1.54) is 12.1 Å². The highest BCUT2D eigenvalue weighted by atomic mass is 19.1. The summed E-state index contributed by atoms with van der Waals surface area (Å²) < 4.78 is 20.8. The van der Waals surface area contributed by atoms with E-state index >= 15 is 0 Å². The van der Waals surface area contributed by atoms with Crippen LogP contribution in [0.3, 0.4) is 0 Å². The molecule has 3 aromatic rings. The molecule has 5 nitrogen and oxygen atoms in total.